The lowest BCUT2D eigenvalue weighted by molar-refractivity contribution is -0.122. The summed E-state index contributed by atoms with van der Waals surface area (Å²) in [5.74, 6) is -0.313. The Kier molecular flexibility index (Phi) is 4.99. The highest BCUT2D eigenvalue weighted by Gasteiger charge is 2.31. The number of hydrogen-bond donors (Lipinski definition) is 2. The Balaban J connectivity index is 2.05. The Morgan fingerprint density at radius 3 is 2.57 bits per heavy atom. The van der Waals surface area contributed by atoms with Crippen LogP contribution in [0.5, 0.6) is 0 Å². The van der Waals surface area contributed by atoms with E-state index in [0.717, 1.165) is 30.5 Å². The fourth-order valence-corrected chi connectivity index (χ4v) is 3.74. The van der Waals surface area contributed by atoms with Crippen LogP contribution in [0.15, 0.2) is 23.1 Å². The molecule has 0 aromatic heterocycles. The molecule has 0 bridgehead atoms. The van der Waals surface area contributed by atoms with Crippen LogP contribution < -0.4 is 5.32 Å². The van der Waals surface area contributed by atoms with Crippen molar-refractivity contribution in [3.63, 3.8) is 0 Å². The second kappa shape index (κ2) is 6.41. The second-order valence-corrected chi connectivity index (χ2v) is 8.69. The summed E-state index contributed by atoms with van der Waals surface area (Å²) in [6.45, 7) is 8.56. The topological polar surface area (TPSA) is 49.3 Å². The Hall–Kier alpha value is -1.00. The number of hydrogen-bond acceptors (Lipinski definition) is 3. The molecule has 3 nitrogen and oxygen atoms in total. The smallest absolute Gasteiger partial charge is 0.230 e. The van der Waals surface area contributed by atoms with Crippen LogP contribution in [0.25, 0.3) is 0 Å². The zero-order chi connectivity index (χ0) is 15.6. The highest BCUT2D eigenvalue weighted by atomic mass is 32.2. The van der Waals surface area contributed by atoms with Gasteiger partial charge in [0.05, 0.1) is 12.0 Å². The standard InChI is InChI=1S/C17H25NO2S/c1-11-10-12(21-17(2,3)4)8-9-14(11)18-16(20)13-6-5-7-15(13)19/h8-10,13,15,19H,5-7H2,1-4H3,(H,18,20). The predicted octanol–water partition coefficient (Wildman–Crippen LogP) is 3.99. The third kappa shape index (κ3) is 4.48. The van der Waals surface area contributed by atoms with Gasteiger partial charge in [0.15, 0.2) is 0 Å². The third-order valence-electron chi connectivity index (χ3n) is 3.70. The van der Waals surface area contributed by atoms with Gasteiger partial charge in [0.2, 0.25) is 5.91 Å². The van der Waals surface area contributed by atoms with Crippen molar-refractivity contribution in [3.8, 4) is 0 Å². The molecule has 2 rings (SSSR count). The van der Waals surface area contributed by atoms with Crippen molar-refractivity contribution in [2.24, 2.45) is 5.92 Å². The van der Waals surface area contributed by atoms with Crippen LogP contribution in [0.4, 0.5) is 5.69 Å². The summed E-state index contributed by atoms with van der Waals surface area (Å²) in [6.07, 6.45) is 1.96. The van der Waals surface area contributed by atoms with Crippen molar-refractivity contribution >= 4 is 23.4 Å². The molecule has 0 heterocycles. The van der Waals surface area contributed by atoms with Gasteiger partial charge >= 0.3 is 0 Å². The number of aliphatic hydroxyl groups is 1. The highest BCUT2D eigenvalue weighted by molar-refractivity contribution is 8.00. The van der Waals surface area contributed by atoms with E-state index >= 15 is 0 Å². The van der Waals surface area contributed by atoms with Crippen molar-refractivity contribution in [2.45, 2.75) is 62.7 Å². The van der Waals surface area contributed by atoms with Gasteiger partial charge in [0.25, 0.3) is 0 Å². The first-order valence-corrected chi connectivity index (χ1v) is 8.36. The first-order valence-electron chi connectivity index (χ1n) is 7.55. The van der Waals surface area contributed by atoms with E-state index in [4.69, 9.17) is 0 Å². The Bertz CT molecular complexity index is 522. The lowest BCUT2D eigenvalue weighted by Gasteiger charge is -2.19. The molecule has 21 heavy (non-hydrogen) atoms. The lowest BCUT2D eigenvalue weighted by atomic mass is 10.0. The SMILES string of the molecule is Cc1cc(SC(C)(C)C)ccc1NC(=O)C1CCCC1O. The van der Waals surface area contributed by atoms with Gasteiger partial charge in [-0.1, -0.05) is 20.8 Å². The first-order chi connectivity index (χ1) is 9.76. The molecule has 1 aromatic carbocycles. The van der Waals surface area contributed by atoms with E-state index < -0.39 is 6.10 Å². The average Bonchev–Trinajstić information content (AvgIpc) is 2.77. The molecule has 1 aliphatic rings. The Morgan fingerprint density at radius 1 is 1.33 bits per heavy atom. The molecule has 0 spiro atoms. The predicted molar refractivity (Wildman–Crippen MR) is 88.8 cm³/mol. The number of carbonyl (C=O) groups is 1. The summed E-state index contributed by atoms with van der Waals surface area (Å²) >= 11 is 1.82. The van der Waals surface area contributed by atoms with Crippen LogP contribution in [-0.2, 0) is 4.79 Å². The zero-order valence-electron chi connectivity index (χ0n) is 13.3. The van der Waals surface area contributed by atoms with Gasteiger partial charge in [-0.25, -0.2) is 0 Å². The minimum absolute atomic E-state index is 0.0562. The number of anilines is 1. The maximum atomic E-state index is 12.2. The molecule has 2 N–H and O–H groups in total. The highest BCUT2D eigenvalue weighted by Crippen LogP contribution is 2.34. The molecule has 1 saturated carbocycles. The zero-order valence-corrected chi connectivity index (χ0v) is 14.1. The van der Waals surface area contributed by atoms with Gasteiger partial charge in [-0.05, 0) is 49.9 Å². The monoisotopic (exact) mass is 307 g/mol. The van der Waals surface area contributed by atoms with E-state index in [-0.39, 0.29) is 16.6 Å². The van der Waals surface area contributed by atoms with Crippen LogP contribution in [0.2, 0.25) is 0 Å². The number of aliphatic hydroxyl groups excluding tert-OH is 1. The number of amides is 1. The number of nitrogens with one attached hydrogen (secondary N) is 1. The van der Waals surface area contributed by atoms with Crippen molar-refractivity contribution < 1.29 is 9.90 Å². The summed E-state index contributed by atoms with van der Waals surface area (Å²) < 4.78 is 0.172. The molecular weight excluding hydrogens is 282 g/mol. The minimum Gasteiger partial charge on any atom is -0.392 e. The molecule has 0 saturated heterocycles. The van der Waals surface area contributed by atoms with Gasteiger partial charge < -0.3 is 10.4 Å². The molecular formula is C17H25NO2S. The molecule has 4 heteroatoms. The molecule has 1 amide bonds. The largest absolute Gasteiger partial charge is 0.392 e. The van der Waals surface area contributed by atoms with Gasteiger partial charge in [0, 0.05) is 15.3 Å². The van der Waals surface area contributed by atoms with Gasteiger partial charge in [-0.15, -0.1) is 11.8 Å². The third-order valence-corrected chi connectivity index (χ3v) is 4.80. The first kappa shape index (κ1) is 16.4. The van der Waals surface area contributed by atoms with Crippen molar-refractivity contribution in [3.05, 3.63) is 23.8 Å². The van der Waals surface area contributed by atoms with E-state index in [1.165, 1.54) is 4.90 Å². The lowest BCUT2D eigenvalue weighted by Crippen LogP contribution is -2.28. The van der Waals surface area contributed by atoms with Gasteiger partial charge in [-0.2, -0.15) is 0 Å². The van der Waals surface area contributed by atoms with E-state index in [2.05, 4.69) is 32.2 Å². The van der Waals surface area contributed by atoms with Crippen molar-refractivity contribution in [1.82, 2.24) is 0 Å². The summed E-state index contributed by atoms with van der Waals surface area (Å²) in [5, 5.41) is 12.8. The van der Waals surface area contributed by atoms with Crippen LogP contribution in [0, 0.1) is 12.8 Å². The van der Waals surface area contributed by atoms with Crippen molar-refractivity contribution in [1.29, 1.82) is 0 Å². The molecule has 1 aromatic rings. The van der Waals surface area contributed by atoms with Crippen LogP contribution in [0.3, 0.4) is 0 Å². The molecule has 2 unspecified atom stereocenters. The van der Waals surface area contributed by atoms with Crippen LogP contribution in [0.1, 0.15) is 45.6 Å². The Labute approximate surface area is 131 Å². The van der Waals surface area contributed by atoms with Crippen LogP contribution in [-0.4, -0.2) is 21.9 Å². The number of thioether (sulfide) groups is 1. The number of rotatable bonds is 3. The van der Waals surface area contributed by atoms with Crippen molar-refractivity contribution in [2.75, 3.05) is 5.32 Å². The van der Waals surface area contributed by atoms with E-state index in [9.17, 15) is 9.90 Å². The van der Waals surface area contributed by atoms with E-state index in [1.54, 1.807) is 0 Å². The summed E-state index contributed by atoms with van der Waals surface area (Å²) in [5.41, 5.74) is 1.91. The molecule has 0 aliphatic heterocycles. The number of aryl methyl sites for hydroxylation is 1. The quantitative estimate of drug-likeness (QED) is 0.830. The van der Waals surface area contributed by atoms with E-state index in [1.807, 2.05) is 30.8 Å². The minimum atomic E-state index is -0.485. The van der Waals surface area contributed by atoms with E-state index in [0.29, 0.717) is 0 Å². The maximum absolute atomic E-state index is 12.2. The van der Waals surface area contributed by atoms with Gasteiger partial charge in [0.1, 0.15) is 0 Å². The average molecular weight is 307 g/mol. The fourth-order valence-electron chi connectivity index (χ4n) is 2.67. The second-order valence-electron chi connectivity index (χ2n) is 6.79. The fraction of sp³-hybridized carbons (Fsp3) is 0.588. The molecule has 1 fully saturated rings. The number of carbonyl (C=O) groups excluding carboxylic acids is 1. The summed E-state index contributed by atoms with van der Waals surface area (Å²) in [7, 11) is 0. The maximum Gasteiger partial charge on any atom is 0.230 e. The van der Waals surface area contributed by atoms with Gasteiger partial charge in [-0.3, -0.25) is 4.79 Å². The molecule has 0 radical (unpaired) electrons. The summed E-state index contributed by atoms with van der Waals surface area (Å²) in [6, 6.07) is 6.11. The normalized spacial score (nSPS) is 22.3. The molecule has 2 atom stereocenters. The molecule has 116 valence electrons. The Morgan fingerprint density at radius 2 is 2.05 bits per heavy atom. The molecule has 1 aliphatic carbocycles. The number of benzene rings is 1. The van der Waals surface area contributed by atoms with Crippen LogP contribution >= 0.6 is 11.8 Å². The summed E-state index contributed by atoms with van der Waals surface area (Å²) in [4.78, 5) is 13.4.